The average molecular weight is 326 g/mol. The van der Waals surface area contributed by atoms with Gasteiger partial charge >= 0.3 is 0 Å². The van der Waals surface area contributed by atoms with Gasteiger partial charge in [0.25, 0.3) is 0 Å². The van der Waals surface area contributed by atoms with E-state index in [1.807, 2.05) is 6.08 Å². The van der Waals surface area contributed by atoms with Gasteiger partial charge in [-0.25, -0.2) is 0 Å². The summed E-state index contributed by atoms with van der Waals surface area (Å²) in [6, 6.07) is 15.7. The zero-order chi connectivity index (χ0) is 18.0. The van der Waals surface area contributed by atoms with Crippen LogP contribution in [0.2, 0.25) is 0 Å². The van der Waals surface area contributed by atoms with Gasteiger partial charge < -0.3 is 0 Å². The summed E-state index contributed by atoms with van der Waals surface area (Å²) in [5, 5.41) is 0. The van der Waals surface area contributed by atoms with Crippen molar-refractivity contribution in [2.45, 2.75) is 33.1 Å². The van der Waals surface area contributed by atoms with E-state index in [4.69, 9.17) is 0 Å². The van der Waals surface area contributed by atoms with E-state index in [1.54, 1.807) is 0 Å². The third kappa shape index (κ3) is 2.44. The van der Waals surface area contributed by atoms with Crippen LogP contribution >= 0.6 is 0 Å². The normalized spacial score (nSPS) is 19.8. The Morgan fingerprint density at radius 3 is 2.40 bits per heavy atom. The summed E-state index contributed by atoms with van der Waals surface area (Å²) in [5.41, 5.74) is 9.04. The molecule has 0 aromatic heterocycles. The number of allylic oxidation sites excluding steroid dienone is 7. The summed E-state index contributed by atoms with van der Waals surface area (Å²) >= 11 is 0. The van der Waals surface area contributed by atoms with Crippen molar-refractivity contribution in [1.82, 2.24) is 0 Å². The molecule has 1 aliphatic carbocycles. The minimum absolute atomic E-state index is 0.255. The summed E-state index contributed by atoms with van der Waals surface area (Å²) in [7, 11) is 0. The number of hydrogen-bond donors (Lipinski definition) is 0. The van der Waals surface area contributed by atoms with Crippen LogP contribution in [0.15, 0.2) is 90.6 Å². The Bertz CT molecular complexity index is 905. The van der Waals surface area contributed by atoms with Crippen LogP contribution in [0.1, 0.15) is 37.5 Å². The maximum absolute atomic E-state index is 3.95. The van der Waals surface area contributed by atoms with Gasteiger partial charge in [-0.1, -0.05) is 90.6 Å². The van der Waals surface area contributed by atoms with Crippen LogP contribution in [0.3, 0.4) is 0 Å². The van der Waals surface area contributed by atoms with E-state index in [2.05, 4.69) is 101 Å². The largest absolute Gasteiger partial charge is 0.0991 e. The van der Waals surface area contributed by atoms with Crippen LogP contribution < -0.4 is 0 Å². The monoisotopic (exact) mass is 326 g/mol. The number of aryl methyl sites for hydroxylation is 1. The first kappa shape index (κ1) is 17.2. The lowest BCUT2D eigenvalue weighted by atomic mass is 9.66. The minimum atomic E-state index is -0.255. The summed E-state index contributed by atoms with van der Waals surface area (Å²) in [6.45, 7) is 12.5. The van der Waals surface area contributed by atoms with Gasteiger partial charge in [0.05, 0.1) is 5.41 Å². The number of fused-ring (bicyclic) bond motifs is 3. The van der Waals surface area contributed by atoms with Crippen LogP contribution in [0, 0.1) is 6.92 Å². The van der Waals surface area contributed by atoms with Crippen LogP contribution in [0.5, 0.6) is 0 Å². The molecule has 0 bridgehead atoms. The molecule has 0 spiro atoms. The van der Waals surface area contributed by atoms with Gasteiger partial charge in [0.15, 0.2) is 0 Å². The second kappa shape index (κ2) is 6.72. The molecule has 0 amide bonds. The van der Waals surface area contributed by atoms with E-state index in [1.165, 1.54) is 39.0 Å². The lowest BCUT2D eigenvalue weighted by Gasteiger charge is -2.35. The first-order valence-electron chi connectivity index (χ1n) is 8.91. The van der Waals surface area contributed by atoms with Crippen LogP contribution in [0.25, 0.3) is 11.1 Å². The molecular weight excluding hydrogens is 300 g/mol. The lowest BCUT2D eigenvalue weighted by molar-refractivity contribution is 0.743. The topological polar surface area (TPSA) is 0 Å². The third-order valence-corrected chi connectivity index (χ3v) is 5.25. The second-order valence-corrected chi connectivity index (χ2v) is 6.67. The predicted octanol–water partition coefficient (Wildman–Crippen LogP) is 6.92. The van der Waals surface area contributed by atoms with E-state index in [9.17, 15) is 0 Å². The third-order valence-electron chi connectivity index (χ3n) is 5.25. The van der Waals surface area contributed by atoms with Gasteiger partial charge in [-0.3, -0.25) is 0 Å². The molecule has 1 atom stereocenters. The van der Waals surface area contributed by atoms with Gasteiger partial charge in [-0.15, -0.1) is 0 Å². The molecule has 0 aliphatic heterocycles. The number of hydrogen-bond acceptors (Lipinski definition) is 0. The van der Waals surface area contributed by atoms with Gasteiger partial charge in [-0.05, 0) is 55.5 Å². The molecule has 0 N–H and O–H groups in total. The molecule has 2 aromatic rings. The van der Waals surface area contributed by atoms with Gasteiger partial charge in [0, 0.05) is 0 Å². The van der Waals surface area contributed by atoms with Gasteiger partial charge in [0.1, 0.15) is 0 Å². The summed E-state index contributed by atoms with van der Waals surface area (Å²) in [6.07, 6.45) is 10.7. The SMILES string of the molecule is C=CC=C(C)C1(C(C=CC)=CC)c2ccccc2-c2cc(C)ccc21. The Kier molecular flexibility index (Phi) is 4.63. The quantitative estimate of drug-likeness (QED) is 0.535. The highest BCUT2D eigenvalue weighted by Crippen LogP contribution is 2.56. The van der Waals surface area contributed by atoms with Crippen molar-refractivity contribution in [2.75, 3.05) is 0 Å². The van der Waals surface area contributed by atoms with E-state index in [0.717, 1.165) is 0 Å². The zero-order valence-corrected chi connectivity index (χ0v) is 15.6. The first-order chi connectivity index (χ1) is 12.1. The fraction of sp³-hybridized carbons (Fsp3) is 0.200. The van der Waals surface area contributed by atoms with Crippen molar-refractivity contribution in [2.24, 2.45) is 0 Å². The molecule has 0 nitrogen and oxygen atoms in total. The fourth-order valence-corrected chi connectivity index (χ4v) is 4.28. The van der Waals surface area contributed by atoms with Crippen LogP contribution in [0.4, 0.5) is 0 Å². The Morgan fingerprint density at radius 2 is 1.72 bits per heavy atom. The maximum Gasteiger partial charge on any atom is 0.0670 e. The second-order valence-electron chi connectivity index (χ2n) is 6.67. The molecule has 1 unspecified atom stereocenters. The Labute approximate surface area is 151 Å². The lowest BCUT2D eigenvalue weighted by Crippen LogP contribution is -2.29. The Balaban J connectivity index is 2.51. The minimum Gasteiger partial charge on any atom is -0.0991 e. The molecular formula is C25H26. The maximum atomic E-state index is 3.95. The summed E-state index contributed by atoms with van der Waals surface area (Å²) < 4.78 is 0. The number of rotatable bonds is 4. The van der Waals surface area contributed by atoms with E-state index >= 15 is 0 Å². The molecule has 0 radical (unpaired) electrons. The van der Waals surface area contributed by atoms with Crippen molar-refractivity contribution in [3.05, 3.63) is 107 Å². The predicted molar refractivity (Wildman–Crippen MR) is 110 cm³/mol. The fourth-order valence-electron chi connectivity index (χ4n) is 4.28. The highest BCUT2D eigenvalue weighted by Gasteiger charge is 2.45. The summed E-state index contributed by atoms with van der Waals surface area (Å²) in [5.74, 6) is 0. The number of benzene rings is 2. The van der Waals surface area contributed by atoms with Crippen molar-refractivity contribution >= 4 is 0 Å². The zero-order valence-electron chi connectivity index (χ0n) is 15.6. The molecule has 0 saturated carbocycles. The van der Waals surface area contributed by atoms with Crippen molar-refractivity contribution in [1.29, 1.82) is 0 Å². The standard InChI is InChI=1S/C25H26/c1-6-11-19(5)25(20(8-3)12-7-2)23-14-10-9-13-21(23)22-17-18(4)15-16-24(22)25/h6-17H,1H2,2-5H3. The summed E-state index contributed by atoms with van der Waals surface area (Å²) in [4.78, 5) is 0. The van der Waals surface area contributed by atoms with Crippen molar-refractivity contribution in [3.63, 3.8) is 0 Å². The molecule has 2 aromatic carbocycles. The molecule has 0 heteroatoms. The van der Waals surface area contributed by atoms with Crippen LogP contribution in [-0.2, 0) is 5.41 Å². The van der Waals surface area contributed by atoms with E-state index < -0.39 is 0 Å². The molecule has 0 heterocycles. The van der Waals surface area contributed by atoms with Gasteiger partial charge in [0.2, 0.25) is 0 Å². The smallest absolute Gasteiger partial charge is 0.0670 e. The van der Waals surface area contributed by atoms with Crippen molar-refractivity contribution < 1.29 is 0 Å². The van der Waals surface area contributed by atoms with Crippen LogP contribution in [-0.4, -0.2) is 0 Å². The molecule has 3 rings (SSSR count). The van der Waals surface area contributed by atoms with E-state index in [0.29, 0.717) is 0 Å². The molecule has 0 fully saturated rings. The molecule has 1 aliphatic rings. The van der Waals surface area contributed by atoms with E-state index in [-0.39, 0.29) is 5.41 Å². The Hall–Kier alpha value is -2.60. The molecule has 0 saturated heterocycles. The molecule has 126 valence electrons. The molecule has 25 heavy (non-hydrogen) atoms. The first-order valence-corrected chi connectivity index (χ1v) is 8.91. The highest BCUT2D eigenvalue weighted by atomic mass is 14.5. The van der Waals surface area contributed by atoms with Gasteiger partial charge in [-0.2, -0.15) is 0 Å². The highest BCUT2D eigenvalue weighted by molar-refractivity contribution is 5.86. The van der Waals surface area contributed by atoms with Crippen molar-refractivity contribution in [3.8, 4) is 11.1 Å². The Morgan fingerprint density at radius 1 is 1.00 bits per heavy atom. The average Bonchev–Trinajstić information content (AvgIpc) is 2.91.